The van der Waals surface area contributed by atoms with Crippen LogP contribution in [-0.4, -0.2) is 51.4 Å². The maximum atomic E-state index is 14.1. The van der Waals surface area contributed by atoms with Crippen molar-refractivity contribution in [2.75, 3.05) is 24.5 Å². The zero-order valence-electron chi connectivity index (χ0n) is 24.0. The number of aryl methyl sites for hydroxylation is 1. The number of carbonyl (C=O) groups excluding carboxylic acids is 2. The highest BCUT2D eigenvalue weighted by atomic mass is 79.9. The Kier molecular flexibility index (Phi) is 11.8. The Morgan fingerprint density at radius 2 is 1.68 bits per heavy atom. The van der Waals surface area contributed by atoms with Crippen molar-refractivity contribution < 1.29 is 22.7 Å². The molecule has 1 atom stereocenters. The summed E-state index contributed by atoms with van der Waals surface area (Å²) in [6.07, 6.45) is 2.10. The second-order valence-electron chi connectivity index (χ2n) is 9.74. The van der Waals surface area contributed by atoms with E-state index in [4.69, 9.17) is 4.74 Å². The molecule has 3 aromatic rings. The Morgan fingerprint density at radius 1 is 1.00 bits per heavy atom. The monoisotopic (exact) mass is 643 g/mol. The fraction of sp³-hybridized carbons (Fsp3) is 0.355. The standard InChI is InChI=1S/C31H38BrN3O5S/c1-5-7-19-33-31(37)29(6-2)34(21-24-13-15-27(40-4)16-14-24)30(36)22-35(26-10-8-9-25(32)20-26)41(38,39)28-17-11-23(3)12-18-28/h8-18,20,29H,5-7,19,21-22H2,1-4H3,(H,33,37)/t29-/m0/s1. The normalized spacial score (nSPS) is 11.9. The minimum absolute atomic E-state index is 0.0712. The Hall–Kier alpha value is -3.37. The number of hydrogen-bond acceptors (Lipinski definition) is 5. The molecule has 0 spiro atoms. The highest BCUT2D eigenvalue weighted by Gasteiger charge is 2.33. The van der Waals surface area contributed by atoms with Crippen molar-refractivity contribution in [3.63, 3.8) is 0 Å². The summed E-state index contributed by atoms with van der Waals surface area (Å²) in [6, 6.07) is 19.8. The third kappa shape index (κ3) is 8.56. The van der Waals surface area contributed by atoms with E-state index in [1.807, 2.05) is 32.9 Å². The lowest BCUT2D eigenvalue weighted by atomic mass is 10.1. The average molecular weight is 645 g/mol. The van der Waals surface area contributed by atoms with Crippen LogP contribution in [0.1, 0.15) is 44.2 Å². The van der Waals surface area contributed by atoms with Crippen LogP contribution < -0.4 is 14.4 Å². The van der Waals surface area contributed by atoms with E-state index in [1.165, 1.54) is 17.0 Å². The average Bonchev–Trinajstić information content (AvgIpc) is 2.96. The number of anilines is 1. The van der Waals surface area contributed by atoms with E-state index in [-0.39, 0.29) is 17.3 Å². The summed E-state index contributed by atoms with van der Waals surface area (Å²) in [7, 11) is -2.55. The number of ether oxygens (including phenoxy) is 1. The molecular weight excluding hydrogens is 606 g/mol. The predicted molar refractivity (Wildman–Crippen MR) is 165 cm³/mol. The Bertz CT molecular complexity index is 1410. The number of amides is 2. The predicted octanol–water partition coefficient (Wildman–Crippen LogP) is 5.69. The Morgan fingerprint density at radius 3 is 2.27 bits per heavy atom. The second kappa shape index (κ2) is 15.0. The molecule has 10 heteroatoms. The third-order valence-corrected chi connectivity index (χ3v) is 8.99. The van der Waals surface area contributed by atoms with E-state index in [1.54, 1.807) is 55.6 Å². The molecule has 0 unspecified atom stereocenters. The van der Waals surface area contributed by atoms with E-state index in [2.05, 4.69) is 21.2 Å². The van der Waals surface area contributed by atoms with Gasteiger partial charge in [0.25, 0.3) is 10.0 Å². The molecular formula is C31H38BrN3O5S. The van der Waals surface area contributed by atoms with Gasteiger partial charge in [0.15, 0.2) is 0 Å². The van der Waals surface area contributed by atoms with Crippen LogP contribution in [0.3, 0.4) is 0 Å². The molecule has 0 aliphatic rings. The SMILES string of the molecule is CCCCNC(=O)[C@H](CC)N(Cc1ccc(OC)cc1)C(=O)CN(c1cccc(Br)c1)S(=O)(=O)c1ccc(C)cc1. The number of methoxy groups -OCH3 is 1. The zero-order chi connectivity index (χ0) is 30.0. The van der Waals surface area contributed by atoms with Crippen molar-refractivity contribution in [2.45, 2.75) is 57.5 Å². The summed E-state index contributed by atoms with van der Waals surface area (Å²) < 4.78 is 34.9. The molecule has 0 saturated carbocycles. The molecule has 0 heterocycles. The van der Waals surface area contributed by atoms with E-state index >= 15 is 0 Å². The summed E-state index contributed by atoms with van der Waals surface area (Å²) in [4.78, 5) is 28.9. The molecule has 41 heavy (non-hydrogen) atoms. The topological polar surface area (TPSA) is 96.0 Å². The van der Waals surface area contributed by atoms with Crippen molar-refractivity contribution in [3.8, 4) is 5.75 Å². The molecule has 0 aromatic heterocycles. The molecule has 8 nitrogen and oxygen atoms in total. The van der Waals surface area contributed by atoms with E-state index in [0.29, 0.717) is 28.9 Å². The first kappa shape index (κ1) is 32.1. The number of unbranched alkanes of at least 4 members (excludes halogenated alkanes) is 1. The van der Waals surface area contributed by atoms with Crippen LogP contribution in [0.15, 0.2) is 82.2 Å². The van der Waals surface area contributed by atoms with Gasteiger partial charge in [-0.25, -0.2) is 8.42 Å². The molecule has 3 aromatic carbocycles. The molecule has 3 rings (SSSR count). The van der Waals surface area contributed by atoms with E-state index in [0.717, 1.165) is 28.3 Å². The Balaban J connectivity index is 2.03. The Labute approximate surface area is 251 Å². The number of nitrogens with one attached hydrogen (secondary N) is 1. The van der Waals surface area contributed by atoms with Gasteiger partial charge in [-0.3, -0.25) is 13.9 Å². The molecule has 1 N–H and O–H groups in total. The molecule has 2 amide bonds. The van der Waals surface area contributed by atoms with Gasteiger partial charge in [0.2, 0.25) is 11.8 Å². The second-order valence-corrected chi connectivity index (χ2v) is 12.5. The van der Waals surface area contributed by atoms with Gasteiger partial charge in [0, 0.05) is 17.6 Å². The van der Waals surface area contributed by atoms with Crippen LogP contribution in [0.5, 0.6) is 5.75 Å². The van der Waals surface area contributed by atoms with Gasteiger partial charge in [-0.1, -0.05) is 72.1 Å². The number of hydrogen-bond donors (Lipinski definition) is 1. The van der Waals surface area contributed by atoms with Gasteiger partial charge in [0.1, 0.15) is 18.3 Å². The first-order valence-electron chi connectivity index (χ1n) is 13.7. The molecule has 0 aliphatic carbocycles. The van der Waals surface area contributed by atoms with Crippen molar-refractivity contribution in [2.24, 2.45) is 0 Å². The summed E-state index contributed by atoms with van der Waals surface area (Å²) in [6.45, 7) is 5.89. The van der Waals surface area contributed by atoms with Crippen LogP contribution >= 0.6 is 15.9 Å². The van der Waals surface area contributed by atoms with E-state index in [9.17, 15) is 18.0 Å². The number of halogens is 1. The zero-order valence-corrected chi connectivity index (χ0v) is 26.4. The summed E-state index contributed by atoms with van der Waals surface area (Å²) in [5, 5.41) is 2.94. The molecule has 220 valence electrons. The molecule has 0 aliphatic heterocycles. The lowest BCUT2D eigenvalue weighted by Crippen LogP contribution is -2.52. The highest BCUT2D eigenvalue weighted by molar-refractivity contribution is 9.10. The van der Waals surface area contributed by atoms with Gasteiger partial charge in [-0.05, 0) is 67.8 Å². The number of benzene rings is 3. The highest BCUT2D eigenvalue weighted by Crippen LogP contribution is 2.27. The van der Waals surface area contributed by atoms with Crippen molar-refractivity contribution in [3.05, 3.63) is 88.4 Å². The van der Waals surface area contributed by atoms with Gasteiger partial charge >= 0.3 is 0 Å². The molecule has 0 radical (unpaired) electrons. The third-order valence-electron chi connectivity index (χ3n) is 6.71. The largest absolute Gasteiger partial charge is 0.497 e. The van der Waals surface area contributed by atoms with Gasteiger partial charge < -0.3 is 15.0 Å². The lowest BCUT2D eigenvalue weighted by molar-refractivity contribution is -0.140. The minimum atomic E-state index is -4.12. The first-order chi connectivity index (χ1) is 19.6. The fourth-order valence-electron chi connectivity index (χ4n) is 4.35. The van der Waals surface area contributed by atoms with E-state index < -0.39 is 28.5 Å². The smallest absolute Gasteiger partial charge is 0.264 e. The first-order valence-corrected chi connectivity index (χ1v) is 15.9. The van der Waals surface area contributed by atoms with Crippen LogP contribution in [0.4, 0.5) is 5.69 Å². The lowest BCUT2D eigenvalue weighted by Gasteiger charge is -2.33. The van der Waals surface area contributed by atoms with Gasteiger partial charge in [-0.15, -0.1) is 0 Å². The summed E-state index contributed by atoms with van der Waals surface area (Å²) in [5.41, 5.74) is 2.03. The molecule has 0 fully saturated rings. The number of carbonyl (C=O) groups is 2. The van der Waals surface area contributed by atoms with Crippen molar-refractivity contribution in [1.29, 1.82) is 0 Å². The van der Waals surface area contributed by atoms with Gasteiger partial charge in [0.05, 0.1) is 17.7 Å². The quantitative estimate of drug-likeness (QED) is 0.228. The van der Waals surface area contributed by atoms with Gasteiger partial charge in [-0.2, -0.15) is 0 Å². The van der Waals surface area contributed by atoms with Crippen LogP contribution in [0.25, 0.3) is 0 Å². The van der Waals surface area contributed by atoms with Crippen molar-refractivity contribution in [1.82, 2.24) is 10.2 Å². The van der Waals surface area contributed by atoms with Crippen LogP contribution in [0, 0.1) is 6.92 Å². The number of rotatable bonds is 14. The minimum Gasteiger partial charge on any atom is -0.497 e. The maximum Gasteiger partial charge on any atom is 0.264 e. The van der Waals surface area contributed by atoms with Crippen molar-refractivity contribution >= 4 is 43.5 Å². The number of nitrogens with zero attached hydrogens (tertiary/aromatic N) is 2. The molecule has 0 saturated heterocycles. The van der Waals surface area contributed by atoms with Crippen LogP contribution in [0.2, 0.25) is 0 Å². The summed E-state index contributed by atoms with van der Waals surface area (Å²) >= 11 is 3.42. The fourth-order valence-corrected chi connectivity index (χ4v) is 6.14. The van der Waals surface area contributed by atoms with Crippen LogP contribution in [-0.2, 0) is 26.2 Å². The maximum absolute atomic E-state index is 14.1. The summed E-state index contributed by atoms with van der Waals surface area (Å²) in [5.74, 6) is -0.0896. The number of sulfonamides is 1. The molecule has 0 bridgehead atoms.